The van der Waals surface area contributed by atoms with E-state index in [0.717, 1.165) is 18.4 Å². The molecule has 7 heteroatoms. The Balaban J connectivity index is 2.36. The fourth-order valence-electron chi connectivity index (χ4n) is 3.89. The van der Waals surface area contributed by atoms with Crippen LogP contribution in [0.15, 0.2) is 36.4 Å². The first-order valence-electron chi connectivity index (χ1n) is 13.1. The fourth-order valence-corrected chi connectivity index (χ4v) is 3.89. The smallest absolute Gasteiger partial charge is 0.265 e. The van der Waals surface area contributed by atoms with E-state index in [1.807, 2.05) is 13.0 Å². The third kappa shape index (κ3) is 7.70. The molecule has 0 saturated heterocycles. The number of para-hydroxylation sites is 1. The van der Waals surface area contributed by atoms with Gasteiger partial charge in [0.1, 0.15) is 23.4 Å². The van der Waals surface area contributed by atoms with Crippen LogP contribution >= 0.6 is 0 Å². The van der Waals surface area contributed by atoms with Crippen LogP contribution in [0.25, 0.3) is 0 Å². The summed E-state index contributed by atoms with van der Waals surface area (Å²) in [6, 6.07) is 10.7. The van der Waals surface area contributed by atoms with Crippen LogP contribution < -0.4 is 15.4 Å². The number of rotatable bonds is 12. The third-order valence-electron chi connectivity index (χ3n) is 7.22. The number of hydrogen-bond donors (Lipinski definition) is 3. The second-order valence-corrected chi connectivity index (χ2v) is 10.9. The van der Waals surface area contributed by atoms with Gasteiger partial charge in [-0.2, -0.15) is 0 Å². The van der Waals surface area contributed by atoms with E-state index >= 15 is 0 Å². The average molecular weight is 515 g/mol. The van der Waals surface area contributed by atoms with Gasteiger partial charge in [-0.15, -0.1) is 0 Å². The number of nitrogens with one attached hydrogen (secondary N) is 2. The minimum absolute atomic E-state index is 0.00866. The molecule has 6 nitrogen and oxygen atoms in total. The number of amides is 2. The fraction of sp³-hybridized carbons (Fsp3) is 0.533. The molecule has 2 rings (SSSR count). The van der Waals surface area contributed by atoms with E-state index in [0.29, 0.717) is 12.2 Å². The molecule has 0 aliphatic heterocycles. The van der Waals surface area contributed by atoms with Crippen LogP contribution in [0.2, 0.25) is 0 Å². The summed E-state index contributed by atoms with van der Waals surface area (Å²) in [4.78, 5) is 25.4. The number of aromatic hydroxyl groups is 1. The number of anilines is 2. The summed E-state index contributed by atoms with van der Waals surface area (Å²) in [6.45, 7) is 16.2. The zero-order valence-electron chi connectivity index (χ0n) is 23.5. The van der Waals surface area contributed by atoms with Crippen LogP contribution in [0.4, 0.5) is 15.8 Å². The molecule has 2 unspecified atom stereocenters. The highest BCUT2D eigenvalue weighted by Crippen LogP contribution is 2.39. The van der Waals surface area contributed by atoms with E-state index in [-0.39, 0.29) is 34.4 Å². The number of halogens is 1. The van der Waals surface area contributed by atoms with Gasteiger partial charge >= 0.3 is 0 Å². The lowest BCUT2D eigenvalue weighted by atomic mass is 9.76. The number of alkyl halides is 1. The normalized spacial score (nSPS) is 13.5. The molecule has 2 atom stereocenters. The van der Waals surface area contributed by atoms with Gasteiger partial charge in [0.15, 0.2) is 6.10 Å². The van der Waals surface area contributed by atoms with Crippen molar-refractivity contribution in [3.05, 3.63) is 47.5 Å². The van der Waals surface area contributed by atoms with Crippen molar-refractivity contribution in [1.82, 2.24) is 0 Å². The Hall–Kier alpha value is -3.09. The van der Waals surface area contributed by atoms with Crippen LogP contribution in [0.5, 0.6) is 11.5 Å². The number of carbonyl (C=O) groups excluding carboxylic acids is 2. The van der Waals surface area contributed by atoms with Crippen molar-refractivity contribution in [3.8, 4) is 11.5 Å². The van der Waals surface area contributed by atoms with Crippen molar-refractivity contribution in [2.75, 3.05) is 10.6 Å². The van der Waals surface area contributed by atoms with Crippen LogP contribution in [0.1, 0.15) is 92.2 Å². The van der Waals surface area contributed by atoms with E-state index in [2.05, 4.69) is 64.3 Å². The summed E-state index contributed by atoms with van der Waals surface area (Å²) in [6.07, 6.45) is -0.215. The summed E-state index contributed by atoms with van der Waals surface area (Å²) in [5.74, 6) is -0.587. The second kappa shape index (κ2) is 12.4. The summed E-state index contributed by atoms with van der Waals surface area (Å²) in [5.41, 5.74) is 2.34. The van der Waals surface area contributed by atoms with Crippen molar-refractivity contribution in [2.45, 2.75) is 104 Å². The average Bonchev–Trinajstić information content (AvgIpc) is 2.83. The van der Waals surface area contributed by atoms with Gasteiger partial charge in [0.25, 0.3) is 5.91 Å². The number of carbonyl (C=O) groups is 2. The maximum atomic E-state index is 13.3. The highest BCUT2D eigenvalue weighted by atomic mass is 19.1. The monoisotopic (exact) mass is 514 g/mol. The highest BCUT2D eigenvalue weighted by molar-refractivity contribution is 6.02. The predicted molar refractivity (Wildman–Crippen MR) is 148 cm³/mol. The van der Waals surface area contributed by atoms with E-state index in [9.17, 15) is 19.1 Å². The first kappa shape index (κ1) is 30.1. The minimum atomic E-state index is -1.34. The van der Waals surface area contributed by atoms with Crippen LogP contribution in [0, 0.1) is 0 Å². The summed E-state index contributed by atoms with van der Waals surface area (Å²) < 4.78 is 19.6. The molecule has 2 aromatic rings. The van der Waals surface area contributed by atoms with Gasteiger partial charge in [-0.25, -0.2) is 4.39 Å². The van der Waals surface area contributed by atoms with E-state index in [4.69, 9.17) is 4.74 Å². The maximum Gasteiger partial charge on any atom is 0.265 e. The maximum absolute atomic E-state index is 13.3. The predicted octanol–water partition coefficient (Wildman–Crippen LogP) is 7.25. The molecule has 37 heavy (non-hydrogen) atoms. The zero-order chi connectivity index (χ0) is 28.0. The molecule has 2 amide bonds. The molecule has 0 saturated carbocycles. The van der Waals surface area contributed by atoms with Gasteiger partial charge in [0.2, 0.25) is 5.91 Å². The molecule has 0 aromatic heterocycles. The topological polar surface area (TPSA) is 87.7 Å². The van der Waals surface area contributed by atoms with Crippen molar-refractivity contribution in [2.24, 2.45) is 0 Å². The Labute approximate surface area is 221 Å². The van der Waals surface area contributed by atoms with Gasteiger partial charge in [0.05, 0.1) is 12.1 Å². The molecular weight excluding hydrogens is 471 g/mol. The van der Waals surface area contributed by atoms with Crippen molar-refractivity contribution in [3.63, 3.8) is 0 Å². The molecule has 2 aromatic carbocycles. The Bertz CT molecular complexity index is 1090. The molecule has 0 aliphatic rings. The molecule has 0 heterocycles. The Morgan fingerprint density at radius 3 is 2.22 bits per heavy atom. The Morgan fingerprint density at radius 1 is 1.00 bits per heavy atom. The third-order valence-corrected chi connectivity index (χ3v) is 7.22. The lowest BCUT2D eigenvalue weighted by Gasteiger charge is -2.31. The number of ether oxygens (including phenoxy) is 1. The molecule has 0 spiro atoms. The minimum Gasteiger partial charge on any atom is -0.506 e. The van der Waals surface area contributed by atoms with Gasteiger partial charge in [-0.3, -0.25) is 9.59 Å². The molecular formula is C30H43FN2O4. The van der Waals surface area contributed by atoms with E-state index in [1.54, 1.807) is 12.1 Å². The second-order valence-electron chi connectivity index (χ2n) is 10.9. The molecule has 0 radical (unpaired) electrons. The van der Waals surface area contributed by atoms with Crippen molar-refractivity contribution >= 4 is 23.2 Å². The molecule has 3 N–H and O–H groups in total. The lowest BCUT2D eigenvalue weighted by molar-refractivity contribution is -0.123. The number of benzene rings is 2. The Morgan fingerprint density at radius 2 is 1.65 bits per heavy atom. The van der Waals surface area contributed by atoms with Crippen LogP contribution in [0.3, 0.4) is 0 Å². The number of phenols is 1. The van der Waals surface area contributed by atoms with E-state index < -0.39 is 24.1 Å². The molecule has 0 fully saturated rings. The van der Waals surface area contributed by atoms with Gasteiger partial charge in [0, 0.05) is 5.56 Å². The first-order valence-corrected chi connectivity index (χ1v) is 13.1. The molecule has 0 aliphatic carbocycles. The SMILES string of the molecule is CCC(Oc1ccc(C(C)(C)CC)cc1C(C)(C)CC)C(=O)Nc1cccc(O)c1NC(=O)CC(C)F. The standard InChI is InChI=1S/C30H43FN2O4/c1-9-24(28(36)32-22-13-12-14-23(34)27(22)33-26(35)17-19(4)31)37-25-16-15-20(29(5,6)10-2)18-21(25)30(7,8)11-3/h12-16,18-19,24,34H,9-11,17H2,1-8H3,(H,32,36)(H,33,35). The summed E-state index contributed by atoms with van der Waals surface area (Å²) >= 11 is 0. The van der Waals surface area contributed by atoms with Gasteiger partial charge < -0.3 is 20.5 Å². The lowest BCUT2D eigenvalue weighted by Crippen LogP contribution is -2.34. The quantitative estimate of drug-likeness (QED) is 0.260. The number of hydrogen-bond acceptors (Lipinski definition) is 4. The molecule has 204 valence electrons. The highest BCUT2D eigenvalue weighted by Gasteiger charge is 2.29. The summed E-state index contributed by atoms with van der Waals surface area (Å²) in [7, 11) is 0. The zero-order valence-corrected chi connectivity index (χ0v) is 23.5. The van der Waals surface area contributed by atoms with E-state index in [1.165, 1.54) is 18.6 Å². The van der Waals surface area contributed by atoms with Crippen molar-refractivity contribution < 1.29 is 23.8 Å². The van der Waals surface area contributed by atoms with Crippen LogP contribution in [-0.4, -0.2) is 29.2 Å². The molecule has 0 bridgehead atoms. The van der Waals surface area contributed by atoms with Gasteiger partial charge in [-0.05, 0) is 60.8 Å². The van der Waals surface area contributed by atoms with Gasteiger partial charge in [-0.1, -0.05) is 66.7 Å². The summed E-state index contributed by atoms with van der Waals surface area (Å²) in [5, 5.41) is 15.6. The van der Waals surface area contributed by atoms with Crippen molar-refractivity contribution in [1.29, 1.82) is 0 Å². The first-order chi connectivity index (χ1) is 17.2. The van der Waals surface area contributed by atoms with Crippen LogP contribution in [-0.2, 0) is 20.4 Å². The number of phenolic OH excluding ortho intramolecular Hbond substituents is 1. The Kier molecular flexibility index (Phi) is 10.1. The largest absolute Gasteiger partial charge is 0.506 e.